The Balaban J connectivity index is 2.10. The molecule has 1 aliphatic rings. The maximum Gasteiger partial charge on any atom is 0.0595 e. The zero-order chi connectivity index (χ0) is 11.8. The van der Waals surface area contributed by atoms with E-state index >= 15 is 0 Å². The van der Waals surface area contributed by atoms with E-state index in [-0.39, 0.29) is 0 Å². The van der Waals surface area contributed by atoms with E-state index in [1.54, 1.807) is 0 Å². The van der Waals surface area contributed by atoms with Crippen molar-refractivity contribution in [1.29, 1.82) is 0 Å². The fraction of sp³-hybridized carbons (Fsp3) is 1.00. The molecule has 0 spiro atoms. The number of hydrogen-bond acceptors (Lipinski definition) is 3. The number of methoxy groups -OCH3 is 1. The molecule has 0 saturated carbocycles. The van der Waals surface area contributed by atoms with Crippen LogP contribution in [0.15, 0.2) is 0 Å². The van der Waals surface area contributed by atoms with E-state index in [4.69, 9.17) is 4.74 Å². The molecular formula is C13H28N2O. The van der Waals surface area contributed by atoms with E-state index in [0.717, 1.165) is 19.1 Å². The van der Waals surface area contributed by atoms with Crippen molar-refractivity contribution in [3.05, 3.63) is 0 Å². The summed E-state index contributed by atoms with van der Waals surface area (Å²) in [4.78, 5) is 2.61. The third-order valence-corrected chi connectivity index (χ3v) is 3.66. The standard InChI is InChI=1S/C13H28N2O/c1-4-14-9-5-6-12(2)15-10-7-13(16-3)8-11-15/h12-14H,4-11H2,1-3H3. The highest BCUT2D eigenvalue weighted by molar-refractivity contribution is 4.76. The van der Waals surface area contributed by atoms with Gasteiger partial charge in [0, 0.05) is 26.2 Å². The summed E-state index contributed by atoms with van der Waals surface area (Å²) in [6, 6.07) is 0.733. The van der Waals surface area contributed by atoms with Gasteiger partial charge < -0.3 is 15.0 Å². The van der Waals surface area contributed by atoms with Gasteiger partial charge >= 0.3 is 0 Å². The summed E-state index contributed by atoms with van der Waals surface area (Å²) in [5.74, 6) is 0. The van der Waals surface area contributed by atoms with E-state index in [2.05, 4.69) is 24.1 Å². The molecule has 0 aromatic rings. The van der Waals surface area contributed by atoms with E-state index in [1.807, 2.05) is 7.11 Å². The lowest BCUT2D eigenvalue weighted by Crippen LogP contribution is -2.42. The van der Waals surface area contributed by atoms with Crippen LogP contribution in [0.5, 0.6) is 0 Å². The lowest BCUT2D eigenvalue weighted by molar-refractivity contribution is 0.0283. The predicted molar refractivity (Wildman–Crippen MR) is 68.8 cm³/mol. The molecule has 0 amide bonds. The highest BCUT2D eigenvalue weighted by Gasteiger charge is 2.21. The van der Waals surface area contributed by atoms with E-state index in [0.29, 0.717) is 6.10 Å². The van der Waals surface area contributed by atoms with E-state index in [9.17, 15) is 0 Å². The normalized spacial score (nSPS) is 21.2. The molecule has 1 heterocycles. The second kappa shape index (κ2) is 8.04. The molecule has 0 aromatic carbocycles. The number of piperidine rings is 1. The summed E-state index contributed by atoms with van der Waals surface area (Å²) in [5.41, 5.74) is 0. The highest BCUT2D eigenvalue weighted by Crippen LogP contribution is 2.17. The molecule has 16 heavy (non-hydrogen) atoms. The van der Waals surface area contributed by atoms with Crippen LogP contribution in [0.25, 0.3) is 0 Å². The van der Waals surface area contributed by atoms with Crippen LogP contribution in [-0.2, 0) is 4.74 Å². The molecule has 1 N–H and O–H groups in total. The van der Waals surface area contributed by atoms with Gasteiger partial charge in [0.15, 0.2) is 0 Å². The molecule has 3 nitrogen and oxygen atoms in total. The molecule has 0 bridgehead atoms. The van der Waals surface area contributed by atoms with Crippen molar-refractivity contribution in [2.75, 3.05) is 33.3 Å². The summed E-state index contributed by atoms with van der Waals surface area (Å²) in [6.45, 7) is 9.20. The van der Waals surface area contributed by atoms with Gasteiger partial charge in [-0.15, -0.1) is 0 Å². The monoisotopic (exact) mass is 228 g/mol. The molecule has 96 valence electrons. The maximum absolute atomic E-state index is 5.40. The van der Waals surface area contributed by atoms with Crippen molar-refractivity contribution >= 4 is 0 Å². The van der Waals surface area contributed by atoms with Crippen LogP contribution >= 0.6 is 0 Å². The van der Waals surface area contributed by atoms with Crippen LogP contribution in [0.1, 0.15) is 39.5 Å². The first-order chi connectivity index (χ1) is 7.77. The van der Waals surface area contributed by atoms with Gasteiger partial charge in [0.2, 0.25) is 0 Å². The van der Waals surface area contributed by atoms with Crippen LogP contribution in [0.3, 0.4) is 0 Å². The van der Waals surface area contributed by atoms with Crippen molar-refractivity contribution in [2.24, 2.45) is 0 Å². The fourth-order valence-corrected chi connectivity index (χ4v) is 2.43. The van der Waals surface area contributed by atoms with Gasteiger partial charge in [0.25, 0.3) is 0 Å². The third kappa shape index (κ3) is 4.81. The minimum Gasteiger partial charge on any atom is -0.381 e. The second-order valence-electron chi connectivity index (χ2n) is 4.82. The van der Waals surface area contributed by atoms with E-state index in [1.165, 1.54) is 38.8 Å². The average molecular weight is 228 g/mol. The zero-order valence-corrected chi connectivity index (χ0v) is 11.2. The van der Waals surface area contributed by atoms with Crippen LogP contribution in [0, 0.1) is 0 Å². The smallest absolute Gasteiger partial charge is 0.0595 e. The van der Waals surface area contributed by atoms with Crippen LogP contribution in [-0.4, -0.2) is 50.3 Å². The molecule has 1 fully saturated rings. The zero-order valence-electron chi connectivity index (χ0n) is 11.2. The van der Waals surface area contributed by atoms with Crippen molar-refractivity contribution in [1.82, 2.24) is 10.2 Å². The average Bonchev–Trinajstić information content (AvgIpc) is 2.34. The Morgan fingerprint density at radius 1 is 1.38 bits per heavy atom. The minimum absolute atomic E-state index is 0.505. The summed E-state index contributed by atoms with van der Waals surface area (Å²) < 4.78 is 5.40. The van der Waals surface area contributed by atoms with Crippen LogP contribution in [0.2, 0.25) is 0 Å². The SMILES string of the molecule is CCNCCCC(C)N1CCC(OC)CC1. The quantitative estimate of drug-likeness (QED) is 0.673. The van der Waals surface area contributed by atoms with Crippen molar-refractivity contribution in [3.63, 3.8) is 0 Å². The lowest BCUT2D eigenvalue weighted by atomic mass is 10.0. The molecule has 3 heteroatoms. The Kier molecular flexibility index (Phi) is 7.01. The Morgan fingerprint density at radius 2 is 2.06 bits per heavy atom. The molecule has 0 radical (unpaired) electrons. The van der Waals surface area contributed by atoms with Crippen LogP contribution in [0.4, 0.5) is 0 Å². The summed E-state index contributed by atoms with van der Waals surface area (Å²) >= 11 is 0. The van der Waals surface area contributed by atoms with Gasteiger partial charge in [0.05, 0.1) is 6.10 Å². The first-order valence-electron chi connectivity index (χ1n) is 6.75. The predicted octanol–water partition coefficient (Wildman–Crippen LogP) is 1.88. The molecule has 1 unspecified atom stereocenters. The number of nitrogens with zero attached hydrogens (tertiary/aromatic N) is 1. The van der Waals surface area contributed by atoms with Gasteiger partial charge in [-0.1, -0.05) is 6.92 Å². The van der Waals surface area contributed by atoms with Gasteiger partial charge in [0.1, 0.15) is 0 Å². The van der Waals surface area contributed by atoms with Crippen molar-refractivity contribution in [3.8, 4) is 0 Å². The summed E-state index contributed by atoms with van der Waals surface area (Å²) in [6.07, 6.45) is 5.51. The van der Waals surface area contributed by atoms with Crippen molar-refractivity contribution < 1.29 is 4.74 Å². The highest BCUT2D eigenvalue weighted by atomic mass is 16.5. The Morgan fingerprint density at radius 3 is 2.62 bits per heavy atom. The third-order valence-electron chi connectivity index (χ3n) is 3.66. The maximum atomic E-state index is 5.40. The van der Waals surface area contributed by atoms with E-state index < -0.39 is 0 Å². The number of ether oxygens (including phenoxy) is 1. The lowest BCUT2D eigenvalue weighted by Gasteiger charge is -2.35. The Hall–Kier alpha value is -0.120. The largest absolute Gasteiger partial charge is 0.381 e. The molecule has 1 atom stereocenters. The molecular weight excluding hydrogens is 200 g/mol. The summed E-state index contributed by atoms with van der Waals surface area (Å²) in [5, 5.41) is 3.38. The second-order valence-corrected chi connectivity index (χ2v) is 4.82. The molecule has 1 saturated heterocycles. The van der Waals surface area contributed by atoms with Crippen LogP contribution < -0.4 is 5.32 Å². The first-order valence-corrected chi connectivity index (χ1v) is 6.75. The van der Waals surface area contributed by atoms with Gasteiger partial charge in [-0.05, 0) is 45.7 Å². The molecule has 0 aromatic heterocycles. The van der Waals surface area contributed by atoms with Gasteiger partial charge in [-0.3, -0.25) is 0 Å². The molecule has 1 aliphatic heterocycles. The minimum atomic E-state index is 0.505. The topological polar surface area (TPSA) is 24.5 Å². The number of likely N-dealkylation sites (tertiary alicyclic amines) is 1. The van der Waals surface area contributed by atoms with Gasteiger partial charge in [-0.25, -0.2) is 0 Å². The fourth-order valence-electron chi connectivity index (χ4n) is 2.43. The molecule has 0 aliphatic carbocycles. The number of nitrogens with one attached hydrogen (secondary N) is 1. The van der Waals surface area contributed by atoms with Crippen molar-refractivity contribution in [2.45, 2.75) is 51.7 Å². The Labute approximate surface area is 101 Å². The Bertz CT molecular complexity index is 167. The first kappa shape index (κ1) is 13.9. The number of hydrogen-bond donors (Lipinski definition) is 1. The summed E-state index contributed by atoms with van der Waals surface area (Å²) in [7, 11) is 1.83. The number of rotatable bonds is 7. The molecule has 1 rings (SSSR count). The van der Waals surface area contributed by atoms with Gasteiger partial charge in [-0.2, -0.15) is 0 Å².